The van der Waals surface area contributed by atoms with Gasteiger partial charge in [-0.3, -0.25) is 0 Å². The number of aromatic nitrogens is 3. The van der Waals surface area contributed by atoms with Crippen molar-refractivity contribution in [2.24, 2.45) is 0 Å². The number of benzene rings is 5. The second-order valence-corrected chi connectivity index (χ2v) is 11.0. The van der Waals surface area contributed by atoms with Crippen molar-refractivity contribution in [2.45, 2.75) is 0 Å². The maximum absolute atomic E-state index is 4.97. The molecule has 0 atom stereocenters. The van der Waals surface area contributed by atoms with Crippen LogP contribution < -0.4 is 0 Å². The fraction of sp³-hybridized carbons (Fsp3) is 0. The summed E-state index contributed by atoms with van der Waals surface area (Å²) in [4.78, 5) is 4.97. The molecular formula is C32H19N3S2. The summed E-state index contributed by atoms with van der Waals surface area (Å²) in [5.74, 6) is 0.777. The van der Waals surface area contributed by atoms with Crippen LogP contribution >= 0.6 is 22.9 Å². The van der Waals surface area contributed by atoms with Crippen LogP contribution in [0.25, 0.3) is 69.6 Å². The maximum atomic E-state index is 4.97. The van der Waals surface area contributed by atoms with Gasteiger partial charge in [-0.25, -0.2) is 4.98 Å². The van der Waals surface area contributed by atoms with E-state index in [-0.39, 0.29) is 0 Å². The number of hydrogen-bond donors (Lipinski definition) is 0. The highest BCUT2D eigenvalue weighted by Crippen LogP contribution is 2.37. The van der Waals surface area contributed by atoms with Gasteiger partial charge in [-0.1, -0.05) is 66.7 Å². The lowest BCUT2D eigenvalue weighted by molar-refractivity contribution is 1.18. The van der Waals surface area contributed by atoms with E-state index in [1.54, 1.807) is 0 Å². The highest BCUT2D eigenvalue weighted by Gasteiger charge is 2.14. The number of rotatable bonds is 3. The van der Waals surface area contributed by atoms with Gasteiger partial charge in [-0.15, -0.1) is 11.3 Å². The summed E-state index contributed by atoms with van der Waals surface area (Å²) in [6.45, 7) is 0. The van der Waals surface area contributed by atoms with Gasteiger partial charge in [0.05, 0.1) is 11.0 Å². The first-order chi connectivity index (χ1) is 18.3. The van der Waals surface area contributed by atoms with Crippen molar-refractivity contribution in [1.82, 2.24) is 13.9 Å². The normalized spacial score (nSPS) is 11.8. The Morgan fingerprint density at radius 2 is 1.24 bits per heavy atom. The summed E-state index contributed by atoms with van der Waals surface area (Å²) < 4.78 is 9.69. The van der Waals surface area contributed by atoms with Gasteiger partial charge in [0, 0.05) is 47.8 Å². The molecule has 0 saturated carbocycles. The van der Waals surface area contributed by atoms with Crippen molar-refractivity contribution in [3.8, 4) is 27.6 Å². The molecule has 174 valence electrons. The van der Waals surface area contributed by atoms with E-state index < -0.39 is 0 Å². The van der Waals surface area contributed by atoms with E-state index in [2.05, 4.69) is 120 Å². The van der Waals surface area contributed by atoms with Crippen LogP contribution in [0.15, 0.2) is 115 Å². The molecule has 3 nitrogen and oxygen atoms in total. The molecule has 0 spiro atoms. The van der Waals surface area contributed by atoms with Crippen molar-refractivity contribution in [3.05, 3.63) is 115 Å². The molecular weight excluding hydrogens is 491 g/mol. The average Bonchev–Trinajstić information content (AvgIpc) is 3.67. The molecule has 0 N–H and O–H groups in total. The monoisotopic (exact) mass is 509 g/mol. The van der Waals surface area contributed by atoms with Crippen LogP contribution in [0.1, 0.15) is 0 Å². The summed E-state index contributed by atoms with van der Waals surface area (Å²) in [5, 5.41) is 6.01. The predicted molar refractivity (Wildman–Crippen MR) is 158 cm³/mol. The highest BCUT2D eigenvalue weighted by molar-refractivity contribution is 7.25. The Morgan fingerprint density at radius 1 is 0.541 bits per heavy atom. The maximum Gasteiger partial charge on any atom is 0.173 e. The zero-order valence-corrected chi connectivity index (χ0v) is 21.3. The molecule has 5 heteroatoms. The van der Waals surface area contributed by atoms with Gasteiger partial charge in [0.15, 0.2) is 5.82 Å². The van der Waals surface area contributed by atoms with Gasteiger partial charge in [0.25, 0.3) is 0 Å². The molecule has 5 aromatic carbocycles. The standard InChI is InChI=1S/C32H19N3S2/c1-4-13-27-23(10-1)24-11-2-5-14-28(24)35(27)22-9-7-8-21(18-22)32-33-31(34-37-32)20-16-17-30-26(19-20)25-12-3-6-15-29(25)36-30/h1-19H. The third kappa shape index (κ3) is 3.25. The van der Waals surface area contributed by atoms with Crippen LogP contribution in [0.5, 0.6) is 0 Å². The van der Waals surface area contributed by atoms with E-state index in [0.717, 1.165) is 27.6 Å². The van der Waals surface area contributed by atoms with Crippen LogP contribution in [0, 0.1) is 0 Å². The van der Waals surface area contributed by atoms with Crippen molar-refractivity contribution in [2.75, 3.05) is 0 Å². The second kappa shape index (κ2) is 8.10. The van der Waals surface area contributed by atoms with Crippen LogP contribution in [-0.2, 0) is 0 Å². The average molecular weight is 510 g/mol. The first-order valence-corrected chi connectivity index (χ1v) is 13.8. The molecule has 0 aliphatic heterocycles. The Morgan fingerprint density at radius 3 is 2.05 bits per heavy atom. The molecule has 0 aliphatic carbocycles. The fourth-order valence-corrected chi connectivity index (χ4v) is 7.07. The molecule has 0 saturated heterocycles. The number of fused-ring (bicyclic) bond motifs is 6. The van der Waals surface area contributed by atoms with Gasteiger partial charge >= 0.3 is 0 Å². The van der Waals surface area contributed by atoms with Gasteiger partial charge in [-0.05, 0) is 60.1 Å². The fourth-order valence-electron chi connectivity index (χ4n) is 5.30. The summed E-state index contributed by atoms with van der Waals surface area (Å²) in [6, 6.07) is 40.9. The largest absolute Gasteiger partial charge is 0.309 e. The number of para-hydroxylation sites is 2. The Balaban J connectivity index is 1.23. The van der Waals surface area contributed by atoms with Crippen molar-refractivity contribution >= 4 is 64.8 Å². The Bertz CT molecular complexity index is 2060. The third-order valence-corrected chi connectivity index (χ3v) is 8.91. The molecule has 8 aromatic rings. The number of nitrogens with zero attached hydrogens (tertiary/aromatic N) is 3. The Labute approximate surface area is 221 Å². The lowest BCUT2D eigenvalue weighted by Gasteiger charge is -2.09. The molecule has 3 aromatic heterocycles. The van der Waals surface area contributed by atoms with Crippen molar-refractivity contribution < 1.29 is 0 Å². The van der Waals surface area contributed by atoms with E-state index in [4.69, 9.17) is 9.36 Å². The van der Waals surface area contributed by atoms with Gasteiger partial charge in [0.2, 0.25) is 0 Å². The minimum Gasteiger partial charge on any atom is -0.309 e. The summed E-state index contributed by atoms with van der Waals surface area (Å²) >= 11 is 3.28. The minimum absolute atomic E-state index is 0.777. The third-order valence-electron chi connectivity index (χ3n) is 6.99. The lowest BCUT2D eigenvalue weighted by Crippen LogP contribution is -1.94. The molecule has 0 unspecified atom stereocenters. The number of hydrogen-bond acceptors (Lipinski definition) is 4. The van der Waals surface area contributed by atoms with Gasteiger partial charge in [0.1, 0.15) is 5.01 Å². The van der Waals surface area contributed by atoms with Crippen molar-refractivity contribution in [3.63, 3.8) is 0 Å². The van der Waals surface area contributed by atoms with Crippen LogP contribution in [0.3, 0.4) is 0 Å². The lowest BCUT2D eigenvalue weighted by atomic mass is 10.1. The zero-order chi connectivity index (χ0) is 24.3. The molecule has 37 heavy (non-hydrogen) atoms. The smallest absolute Gasteiger partial charge is 0.173 e. The Hall–Kier alpha value is -4.32. The van der Waals surface area contributed by atoms with E-state index in [1.165, 1.54) is 53.5 Å². The first-order valence-electron chi connectivity index (χ1n) is 12.2. The molecule has 0 amide bonds. The Kier molecular flexibility index (Phi) is 4.56. The summed E-state index contributed by atoms with van der Waals surface area (Å²) in [5.41, 5.74) is 5.66. The SMILES string of the molecule is c1cc(-c2nc(-c3ccc4sc5ccccc5c4c3)ns2)cc(-n2c3ccccc3c3ccccc32)c1. The molecule has 8 rings (SSSR count). The highest BCUT2D eigenvalue weighted by atomic mass is 32.1. The van der Waals surface area contributed by atoms with Crippen molar-refractivity contribution in [1.29, 1.82) is 0 Å². The van der Waals surface area contributed by atoms with E-state index >= 15 is 0 Å². The topological polar surface area (TPSA) is 30.7 Å². The quantitative estimate of drug-likeness (QED) is 0.237. The predicted octanol–water partition coefficient (Wildman–Crippen LogP) is 9.34. The molecule has 0 radical (unpaired) electrons. The van der Waals surface area contributed by atoms with E-state index in [1.807, 2.05) is 11.3 Å². The van der Waals surface area contributed by atoms with Crippen LogP contribution in [0.2, 0.25) is 0 Å². The van der Waals surface area contributed by atoms with Gasteiger partial charge < -0.3 is 4.57 Å². The van der Waals surface area contributed by atoms with Crippen LogP contribution in [0.4, 0.5) is 0 Å². The number of thiophene rings is 1. The molecule has 0 bridgehead atoms. The summed E-state index contributed by atoms with van der Waals surface area (Å²) in [7, 11) is 0. The van der Waals surface area contributed by atoms with Crippen LogP contribution in [-0.4, -0.2) is 13.9 Å². The molecule has 3 heterocycles. The van der Waals surface area contributed by atoms with E-state index in [0.29, 0.717) is 0 Å². The van der Waals surface area contributed by atoms with Gasteiger partial charge in [-0.2, -0.15) is 4.37 Å². The second-order valence-electron chi connectivity index (χ2n) is 9.15. The van der Waals surface area contributed by atoms with E-state index in [9.17, 15) is 0 Å². The molecule has 0 fully saturated rings. The summed E-state index contributed by atoms with van der Waals surface area (Å²) in [6.07, 6.45) is 0. The first kappa shape index (κ1) is 20.8. The molecule has 0 aliphatic rings. The zero-order valence-electron chi connectivity index (χ0n) is 19.6. The minimum atomic E-state index is 0.777.